The molecule has 50 heavy (non-hydrogen) atoms. The van der Waals surface area contributed by atoms with Crippen LogP contribution in [0.2, 0.25) is 0 Å². The lowest BCUT2D eigenvalue weighted by Gasteiger charge is -2.36. The van der Waals surface area contributed by atoms with E-state index in [2.05, 4.69) is 106 Å². The summed E-state index contributed by atoms with van der Waals surface area (Å²) in [5, 5.41) is 5.42. The zero-order chi connectivity index (χ0) is 33.7. The van der Waals surface area contributed by atoms with Crippen molar-refractivity contribution in [3.8, 4) is 33.6 Å². The summed E-state index contributed by atoms with van der Waals surface area (Å²) < 4.78 is 18.4. The number of pyridine rings is 1. The fourth-order valence-corrected chi connectivity index (χ4v) is 7.48. The van der Waals surface area contributed by atoms with Gasteiger partial charge < -0.3 is 0 Å². The van der Waals surface area contributed by atoms with E-state index < -0.39 is 5.54 Å². The summed E-state index contributed by atoms with van der Waals surface area (Å²) in [6.45, 7) is 0. The number of imidazole rings is 1. The Labute approximate surface area is 289 Å². The number of rotatable bonds is 7. The maximum atomic E-state index is 14.3. The number of carbonyl (C=O) groups is 1. The second kappa shape index (κ2) is 11.9. The van der Waals surface area contributed by atoms with Crippen LogP contribution in [-0.4, -0.2) is 24.9 Å². The van der Waals surface area contributed by atoms with E-state index in [1.54, 1.807) is 12.1 Å². The molecule has 9 rings (SSSR count). The van der Waals surface area contributed by atoms with Crippen molar-refractivity contribution in [1.82, 2.24) is 19.2 Å². The molecule has 0 radical (unpaired) electrons. The Morgan fingerprint density at radius 1 is 0.600 bits per heavy atom. The summed E-state index contributed by atoms with van der Waals surface area (Å²) in [4.78, 5) is 17.1. The Morgan fingerprint density at radius 3 is 1.84 bits per heavy atom. The Bertz CT molecular complexity index is 2410. The molecular formula is C44H31FN4O. The largest absolute Gasteiger partial charge is 0.299 e. The molecule has 0 unspecified atom stereocenters. The second-order valence-electron chi connectivity index (χ2n) is 12.7. The smallest absolute Gasteiger partial charge is 0.163 e. The Hall–Kier alpha value is -6.40. The number of hydrogen-bond donors (Lipinski definition) is 0. The van der Waals surface area contributed by atoms with Gasteiger partial charge in [0.1, 0.15) is 22.7 Å². The van der Waals surface area contributed by atoms with Crippen molar-refractivity contribution in [2.75, 3.05) is 0 Å². The number of nitrogens with zero attached hydrogens (tertiary/aromatic N) is 4. The second-order valence-corrected chi connectivity index (χ2v) is 12.7. The van der Waals surface area contributed by atoms with E-state index in [1.807, 2.05) is 42.6 Å². The minimum atomic E-state index is -0.830. The quantitative estimate of drug-likeness (QED) is 0.162. The predicted octanol–water partition coefficient (Wildman–Crippen LogP) is 9.64. The number of carbonyl (C=O) groups excluding carboxylic acids is 1. The van der Waals surface area contributed by atoms with Crippen LogP contribution >= 0.6 is 0 Å². The lowest BCUT2D eigenvalue weighted by molar-refractivity contribution is 0.0994. The average Bonchev–Trinajstić information content (AvgIpc) is 3.91. The van der Waals surface area contributed by atoms with Crippen LogP contribution in [0, 0.1) is 5.82 Å². The summed E-state index contributed by atoms with van der Waals surface area (Å²) in [5.41, 5.74) is 10.3. The van der Waals surface area contributed by atoms with Gasteiger partial charge in [-0.3, -0.25) is 13.9 Å². The molecule has 0 spiro atoms. The molecule has 5 aromatic carbocycles. The van der Waals surface area contributed by atoms with Gasteiger partial charge in [0.2, 0.25) is 0 Å². The summed E-state index contributed by atoms with van der Waals surface area (Å²) in [6, 6.07) is 48.0. The van der Waals surface area contributed by atoms with Gasteiger partial charge in [0.05, 0.1) is 11.9 Å². The number of Topliss-reactive ketones (excluding diaryl/α,β-unsaturated/α-hetero) is 1. The lowest BCUT2D eigenvalue weighted by atomic mass is 9.77. The third-order valence-corrected chi connectivity index (χ3v) is 9.89. The molecule has 1 aliphatic rings. The number of halogens is 1. The maximum Gasteiger partial charge on any atom is 0.163 e. The lowest BCUT2D eigenvalue weighted by Crippen LogP contribution is -2.38. The molecule has 3 heterocycles. The van der Waals surface area contributed by atoms with Gasteiger partial charge in [-0.05, 0) is 71.1 Å². The van der Waals surface area contributed by atoms with Crippen molar-refractivity contribution in [1.29, 1.82) is 0 Å². The molecule has 5 nitrogen and oxygen atoms in total. The summed E-state index contributed by atoms with van der Waals surface area (Å²) in [5.74, 6) is -0.0997. The number of fused-ring (bicyclic) bond motifs is 2. The predicted molar refractivity (Wildman–Crippen MR) is 195 cm³/mol. The van der Waals surface area contributed by atoms with Crippen LogP contribution in [0.3, 0.4) is 0 Å². The molecule has 0 atom stereocenters. The third-order valence-electron chi connectivity index (χ3n) is 9.89. The first-order valence-electron chi connectivity index (χ1n) is 16.8. The van der Waals surface area contributed by atoms with E-state index in [-0.39, 0.29) is 11.6 Å². The van der Waals surface area contributed by atoms with Gasteiger partial charge >= 0.3 is 0 Å². The number of aryl methyl sites for hydroxylation is 1. The van der Waals surface area contributed by atoms with Crippen molar-refractivity contribution in [2.24, 2.45) is 0 Å². The van der Waals surface area contributed by atoms with Crippen LogP contribution in [0.4, 0.5) is 4.39 Å². The molecule has 240 valence electrons. The molecule has 8 aromatic rings. The minimum Gasteiger partial charge on any atom is -0.299 e. The highest BCUT2D eigenvalue weighted by atomic mass is 19.1. The Balaban J connectivity index is 1.30. The Morgan fingerprint density at radius 2 is 1.20 bits per heavy atom. The molecule has 3 aromatic heterocycles. The molecule has 0 bridgehead atoms. The summed E-state index contributed by atoms with van der Waals surface area (Å²) >= 11 is 0. The third kappa shape index (κ3) is 4.79. The number of ketones is 1. The summed E-state index contributed by atoms with van der Waals surface area (Å²) in [7, 11) is 0. The van der Waals surface area contributed by atoms with E-state index in [9.17, 15) is 9.18 Å². The first-order chi connectivity index (χ1) is 24.6. The topological polar surface area (TPSA) is 52.2 Å². The van der Waals surface area contributed by atoms with Crippen molar-refractivity contribution < 1.29 is 9.18 Å². The highest BCUT2D eigenvalue weighted by Gasteiger charge is 2.40. The molecule has 0 saturated heterocycles. The average molecular weight is 651 g/mol. The van der Waals surface area contributed by atoms with Crippen LogP contribution in [0.15, 0.2) is 164 Å². The first-order valence-corrected chi connectivity index (χ1v) is 16.8. The van der Waals surface area contributed by atoms with Gasteiger partial charge in [-0.25, -0.2) is 9.37 Å². The van der Waals surface area contributed by atoms with Gasteiger partial charge in [-0.15, -0.1) is 0 Å². The first kappa shape index (κ1) is 29.7. The van der Waals surface area contributed by atoms with Gasteiger partial charge in [-0.2, -0.15) is 5.10 Å². The zero-order valence-corrected chi connectivity index (χ0v) is 27.1. The molecule has 0 amide bonds. The van der Waals surface area contributed by atoms with Crippen molar-refractivity contribution in [3.05, 3.63) is 198 Å². The Kier molecular flexibility index (Phi) is 7.09. The SMILES string of the molecule is O=C1CCc2cc(-c3cnc4ccc(-c5cn(C(c6ccccc6)(c6ccccc6)c6ccccc6)nc5-c5ccc(F)cc5)cn34)ccc21. The van der Waals surface area contributed by atoms with Crippen molar-refractivity contribution in [2.45, 2.75) is 18.4 Å². The fraction of sp³-hybridized carbons (Fsp3) is 0.0682. The zero-order valence-electron chi connectivity index (χ0n) is 27.1. The van der Waals surface area contributed by atoms with E-state index in [4.69, 9.17) is 10.1 Å². The molecule has 1 aliphatic carbocycles. The normalized spacial score (nSPS) is 12.8. The van der Waals surface area contributed by atoms with E-state index in [1.165, 1.54) is 12.1 Å². The molecule has 0 fully saturated rings. The molecule has 0 N–H and O–H groups in total. The van der Waals surface area contributed by atoms with E-state index in [0.29, 0.717) is 6.42 Å². The fourth-order valence-electron chi connectivity index (χ4n) is 7.48. The van der Waals surface area contributed by atoms with Crippen molar-refractivity contribution >= 4 is 11.4 Å². The van der Waals surface area contributed by atoms with Gasteiger partial charge in [0, 0.05) is 46.6 Å². The molecular weight excluding hydrogens is 620 g/mol. The van der Waals surface area contributed by atoms with Crippen LogP contribution in [-0.2, 0) is 12.0 Å². The number of aromatic nitrogens is 4. The number of hydrogen-bond acceptors (Lipinski definition) is 3. The number of benzene rings is 5. The van der Waals surface area contributed by atoms with Crippen LogP contribution < -0.4 is 0 Å². The minimum absolute atomic E-state index is 0.204. The van der Waals surface area contributed by atoms with E-state index >= 15 is 0 Å². The monoisotopic (exact) mass is 650 g/mol. The van der Waals surface area contributed by atoms with Crippen LogP contribution in [0.5, 0.6) is 0 Å². The highest BCUT2D eigenvalue weighted by Crippen LogP contribution is 2.43. The standard InChI is InChI=1S/C44H31FN4O/c45-37-21-16-30(17-22-37)43-39(33-20-25-42-46-27-40(48(42)28-33)32-18-23-38-31(26-32)19-24-41(38)50)29-49(47-43)44(34-10-4-1-5-11-34,35-12-6-2-7-13-35)36-14-8-3-9-15-36/h1-18,20-23,25-29H,19,24H2. The van der Waals surface area contributed by atoms with Crippen LogP contribution in [0.1, 0.15) is 39.0 Å². The molecule has 0 aliphatic heterocycles. The highest BCUT2D eigenvalue weighted by molar-refractivity contribution is 6.01. The summed E-state index contributed by atoms with van der Waals surface area (Å²) in [6.07, 6.45) is 7.41. The maximum absolute atomic E-state index is 14.3. The van der Waals surface area contributed by atoms with E-state index in [0.717, 1.165) is 73.5 Å². The van der Waals surface area contributed by atoms with Gasteiger partial charge in [-0.1, -0.05) is 103 Å². The molecule has 0 saturated carbocycles. The molecule has 6 heteroatoms. The van der Waals surface area contributed by atoms with Crippen LogP contribution in [0.25, 0.3) is 39.3 Å². The van der Waals surface area contributed by atoms with Crippen molar-refractivity contribution in [3.63, 3.8) is 0 Å². The van der Waals surface area contributed by atoms with Gasteiger partial charge in [0.25, 0.3) is 0 Å². The van der Waals surface area contributed by atoms with Gasteiger partial charge in [0.15, 0.2) is 5.78 Å².